The minimum Gasteiger partial charge on any atom is -0.480 e. The number of ketones is 1. The van der Waals surface area contributed by atoms with Crippen molar-refractivity contribution in [1.29, 1.82) is 0 Å². The van der Waals surface area contributed by atoms with E-state index in [2.05, 4.69) is 9.97 Å². The van der Waals surface area contributed by atoms with Gasteiger partial charge < -0.3 is 9.47 Å². The van der Waals surface area contributed by atoms with E-state index in [0.717, 1.165) is 0 Å². The van der Waals surface area contributed by atoms with Crippen LogP contribution in [0.4, 0.5) is 0 Å². The fraction of sp³-hybridized carbons (Fsp3) is 0.364. The summed E-state index contributed by atoms with van der Waals surface area (Å²) in [5.74, 6) is 0.346. The predicted octanol–water partition coefficient (Wildman–Crippen LogP) is 1.40. The maximum Gasteiger partial charge on any atom is 0.319 e. The first kappa shape index (κ1) is 12.2. The average molecular weight is 222 g/mol. The van der Waals surface area contributed by atoms with Crippen molar-refractivity contribution in [2.24, 2.45) is 0 Å². The number of methoxy groups -OCH3 is 2. The van der Waals surface area contributed by atoms with E-state index in [4.69, 9.17) is 9.47 Å². The van der Waals surface area contributed by atoms with Crippen LogP contribution >= 0.6 is 0 Å². The summed E-state index contributed by atoms with van der Waals surface area (Å²) < 4.78 is 10.0. The molecule has 1 rings (SSSR count). The zero-order valence-electron chi connectivity index (χ0n) is 9.77. The number of allylic oxidation sites excluding steroid dienone is 1. The highest BCUT2D eigenvalue weighted by molar-refractivity contribution is 5.91. The molecule has 1 aromatic heterocycles. The number of ether oxygens (including phenoxy) is 2. The lowest BCUT2D eigenvalue weighted by Gasteiger charge is -2.07. The van der Waals surface area contributed by atoms with Crippen molar-refractivity contribution >= 4 is 11.9 Å². The molecule has 0 bridgehead atoms. The molecule has 0 N–H and O–H groups in total. The number of carbonyl (C=O) groups excluding carboxylic acids is 1. The standard InChI is InChI=1S/C11H14N2O3/c1-7(14)5-6-9-8(2)12-11(16-4)13-10(9)15-3/h5-6H,1-4H3/b6-5+. The zero-order chi connectivity index (χ0) is 12.1. The Morgan fingerprint density at radius 3 is 2.44 bits per heavy atom. The molecule has 5 nitrogen and oxygen atoms in total. The second-order valence-electron chi connectivity index (χ2n) is 3.16. The quantitative estimate of drug-likeness (QED) is 0.721. The Morgan fingerprint density at radius 2 is 1.94 bits per heavy atom. The highest BCUT2D eigenvalue weighted by Crippen LogP contribution is 2.22. The lowest BCUT2D eigenvalue weighted by atomic mass is 10.2. The van der Waals surface area contributed by atoms with Gasteiger partial charge in [-0.05, 0) is 26.0 Å². The summed E-state index contributed by atoms with van der Waals surface area (Å²) in [6, 6.07) is 0.245. The molecule has 0 radical (unpaired) electrons. The Hall–Kier alpha value is -1.91. The number of aromatic nitrogens is 2. The van der Waals surface area contributed by atoms with Gasteiger partial charge in [0.1, 0.15) is 0 Å². The maximum atomic E-state index is 10.9. The third-order valence-corrected chi connectivity index (χ3v) is 1.94. The summed E-state index contributed by atoms with van der Waals surface area (Å²) in [4.78, 5) is 19.0. The molecule has 0 unspecified atom stereocenters. The third-order valence-electron chi connectivity index (χ3n) is 1.94. The van der Waals surface area contributed by atoms with E-state index >= 15 is 0 Å². The van der Waals surface area contributed by atoms with Crippen molar-refractivity contribution in [2.45, 2.75) is 13.8 Å². The van der Waals surface area contributed by atoms with Crippen molar-refractivity contribution in [3.63, 3.8) is 0 Å². The molecule has 0 spiro atoms. The highest BCUT2D eigenvalue weighted by Gasteiger charge is 2.10. The second-order valence-corrected chi connectivity index (χ2v) is 3.16. The molecule has 1 aromatic rings. The molecule has 0 atom stereocenters. The topological polar surface area (TPSA) is 61.3 Å². The minimum atomic E-state index is -0.0442. The van der Waals surface area contributed by atoms with Crippen molar-refractivity contribution in [3.05, 3.63) is 17.3 Å². The van der Waals surface area contributed by atoms with Crippen molar-refractivity contribution < 1.29 is 14.3 Å². The monoisotopic (exact) mass is 222 g/mol. The lowest BCUT2D eigenvalue weighted by Crippen LogP contribution is -2.01. The van der Waals surface area contributed by atoms with Crippen LogP contribution in [-0.4, -0.2) is 30.0 Å². The molecular formula is C11H14N2O3. The summed E-state index contributed by atoms with van der Waals surface area (Å²) in [6.07, 6.45) is 3.08. The van der Waals surface area contributed by atoms with Crippen LogP contribution in [0.3, 0.4) is 0 Å². The number of aryl methyl sites for hydroxylation is 1. The van der Waals surface area contributed by atoms with E-state index < -0.39 is 0 Å². The first-order valence-electron chi connectivity index (χ1n) is 4.73. The van der Waals surface area contributed by atoms with Gasteiger partial charge in [-0.15, -0.1) is 0 Å². The zero-order valence-corrected chi connectivity index (χ0v) is 9.77. The van der Waals surface area contributed by atoms with Crippen molar-refractivity contribution in [1.82, 2.24) is 9.97 Å². The minimum absolute atomic E-state index is 0.0442. The summed E-state index contributed by atoms with van der Waals surface area (Å²) in [5.41, 5.74) is 1.37. The second kappa shape index (κ2) is 5.25. The molecule has 0 saturated heterocycles. The molecule has 86 valence electrons. The fourth-order valence-electron chi connectivity index (χ4n) is 1.17. The van der Waals surface area contributed by atoms with Crippen molar-refractivity contribution in [2.75, 3.05) is 14.2 Å². The molecule has 0 saturated carbocycles. The van der Waals surface area contributed by atoms with Gasteiger partial charge in [-0.3, -0.25) is 4.79 Å². The van der Waals surface area contributed by atoms with Crippen LogP contribution in [-0.2, 0) is 4.79 Å². The van der Waals surface area contributed by atoms with Crippen LogP contribution in [0.15, 0.2) is 6.08 Å². The average Bonchev–Trinajstić information content (AvgIpc) is 2.26. The van der Waals surface area contributed by atoms with Gasteiger partial charge in [-0.1, -0.05) is 0 Å². The van der Waals surface area contributed by atoms with Crippen LogP contribution in [0.1, 0.15) is 18.2 Å². The van der Waals surface area contributed by atoms with Gasteiger partial charge in [-0.25, -0.2) is 0 Å². The molecule has 0 aliphatic heterocycles. The van der Waals surface area contributed by atoms with E-state index in [1.54, 1.807) is 13.0 Å². The van der Waals surface area contributed by atoms with Gasteiger partial charge in [0.05, 0.1) is 25.5 Å². The van der Waals surface area contributed by atoms with E-state index in [0.29, 0.717) is 17.1 Å². The number of nitrogens with zero attached hydrogens (tertiary/aromatic N) is 2. The molecular weight excluding hydrogens is 208 g/mol. The molecule has 5 heteroatoms. The molecule has 0 fully saturated rings. The van der Waals surface area contributed by atoms with Gasteiger partial charge in [-0.2, -0.15) is 9.97 Å². The Labute approximate surface area is 94.1 Å². The number of carbonyl (C=O) groups is 1. The summed E-state index contributed by atoms with van der Waals surface area (Å²) >= 11 is 0. The third kappa shape index (κ3) is 2.79. The van der Waals surface area contributed by atoms with E-state index in [-0.39, 0.29) is 11.8 Å². The van der Waals surface area contributed by atoms with E-state index in [1.807, 2.05) is 0 Å². The Balaban J connectivity index is 3.21. The molecule has 1 heterocycles. The molecule has 0 amide bonds. The predicted molar refractivity (Wildman–Crippen MR) is 59.6 cm³/mol. The SMILES string of the molecule is COc1nc(C)c(/C=C/C(C)=O)c(OC)n1. The van der Waals surface area contributed by atoms with Crippen LogP contribution in [0.25, 0.3) is 6.08 Å². The number of hydrogen-bond acceptors (Lipinski definition) is 5. The molecule has 0 aliphatic carbocycles. The van der Waals surface area contributed by atoms with Gasteiger partial charge >= 0.3 is 6.01 Å². The Kier molecular flexibility index (Phi) is 3.99. The summed E-state index contributed by atoms with van der Waals surface area (Å²) in [7, 11) is 2.99. The van der Waals surface area contributed by atoms with E-state index in [9.17, 15) is 4.79 Å². The largest absolute Gasteiger partial charge is 0.480 e. The fourth-order valence-corrected chi connectivity index (χ4v) is 1.17. The van der Waals surface area contributed by atoms with Gasteiger partial charge in [0, 0.05) is 0 Å². The van der Waals surface area contributed by atoms with Crippen LogP contribution < -0.4 is 9.47 Å². The first-order chi connectivity index (χ1) is 7.58. The molecule has 16 heavy (non-hydrogen) atoms. The van der Waals surface area contributed by atoms with Crippen LogP contribution in [0.2, 0.25) is 0 Å². The highest BCUT2D eigenvalue weighted by atomic mass is 16.5. The van der Waals surface area contributed by atoms with Crippen LogP contribution in [0.5, 0.6) is 11.9 Å². The molecule has 0 aromatic carbocycles. The van der Waals surface area contributed by atoms with Gasteiger partial charge in [0.15, 0.2) is 5.78 Å². The number of hydrogen-bond donors (Lipinski definition) is 0. The lowest BCUT2D eigenvalue weighted by molar-refractivity contribution is -0.112. The van der Waals surface area contributed by atoms with Crippen molar-refractivity contribution in [3.8, 4) is 11.9 Å². The van der Waals surface area contributed by atoms with Crippen LogP contribution in [0, 0.1) is 6.92 Å². The summed E-state index contributed by atoms with van der Waals surface area (Å²) in [6.45, 7) is 3.27. The van der Waals surface area contributed by atoms with Gasteiger partial charge in [0.25, 0.3) is 0 Å². The molecule has 0 aliphatic rings. The smallest absolute Gasteiger partial charge is 0.319 e. The summed E-state index contributed by atoms with van der Waals surface area (Å²) in [5, 5.41) is 0. The maximum absolute atomic E-state index is 10.9. The first-order valence-corrected chi connectivity index (χ1v) is 4.73. The normalized spacial score (nSPS) is 10.5. The Morgan fingerprint density at radius 1 is 1.25 bits per heavy atom. The number of rotatable bonds is 4. The Bertz CT molecular complexity index is 427. The van der Waals surface area contributed by atoms with Gasteiger partial charge in [0.2, 0.25) is 5.88 Å². The van der Waals surface area contributed by atoms with E-state index in [1.165, 1.54) is 27.2 Å².